The summed E-state index contributed by atoms with van der Waals surface area (Å²) in [5, 5.41) is 0. The third kappa shape index (κ3) is 2.66. The summed E-state index contributed by atoms with van der Waals surface area (Å²) in [6.07, 6.45) is 7.51. The van der Waals surface area contributed by atoms with Gasteiger partial charge < -0.3 is 0 Å². The van der Waals surface area contributed by atoms with Crippen LogP contribution in [0.4, 0.5) is 0 Å². The summed E-state index contributed by atoms with van der Waals surface area (Å²) in [5.41, 5.74) is 0.575. The lowest BCUT2D eigenvalue weighted by molar-refractivity contribution is 0.134. The van der Waals surface area contributed by atoms with Crippen LogP contribution in [0.15, 0.2) is 12.7 Å². The molecule has 1 fully saturated rings. The molecule has 0 aromatic heterocycles. The molecule has 0 aromatic rings. The van der Waals surface area contributed by atoms with Crippen molar-refractivity contribution < 1.29 is 0 Å². The lowest BCUT2D eigenvalue weighted by Crippen LogP contribution is -2.27. The van der Waals surface area contributed by atoms with Gasteiger partial charge in [0.1, 0.15) is 0 Å². The molecule has 2 atom stereocenters. The highest BCUT2D eigenvalue weighted by Gasteiger charge is 2.30. The molecule has 1 aliphatic rings. The summed E-state index contributed by atoms with van der Waals surface area (Å²) in [6.45, 7) is 11.0. The first kappa shape index (κ1) is 9.83. The minimum atomic E-state index is 0.575. The van der Waals surface area contributed by atoms with Crippen molar-refractivity contribution in [1.82, 2.24) is 0 Å². The first-order chi connectivity index (χ1) is 5.53. The number of allylic oxidation sites excluding steroid dienone is 1. The van der Waals surface area contributed by atoms with Crippen molar-refractivity contribution in [2.45, 2.75) is 46.5 Å². The van der Waals surface area contributed by atoms with Crippen molar-refractivity contribution in [3.8, 4) is 0 Å². The highest BCUT2D eigenvalue weighted by Crippen LogP contribution is 2.42. The monoisotopic (exact) mass is 166 g/mol. The summed E-state index contributed by atoms with van der Waals surface area (Å²) in [7, 11) is 0. The largest absolute Gasteiger partial charge is 0.103 e. The average molecular weight is 166 g/mol. The quantitative estimate of drug-likeness (QED) is 0.543. The molecule has 0 aromatic carbocycles. The van der Waals surface area contributed by atoms with E-state index in [1.165, 1.54) is 25.7 Å². The second-order valence-electron chi connectivity index (χ2n) is 5.30. The molecule has 0 amide bonds. The smallest absolute Gasteiger partial charge is 0.0325 e. The predicted molar refractivity (Wildman–Crippen MR) is 55.1 cm³/mol. The van der Waals surface area contributed by atoms with Gasteiger partial charge in [0.05, 0.1) is 0 Å². The Morgan fingerprint density at radius 1 is 1.42 bits per heavy atom. The van der Waals surface area contributed by atoms with Gasteiger partial charge in [-0.2, -0.15) is 0 Å². The van der Waals surface area contributed by atoms with Crippen LogP contribution in [0.2, 0.25) is 0 Å². The fraction of sp³-hybridized carbons (Fsp3) is 0.833. The maximum Gasteiger partial charge on any atom is -0.0325 e. The van der Waals surface area contributed by atoms with E-state index >= 15 is 0 Å². The van der Waals surface area contributed by atoms with Crippen LogP contribution in [0.25, 0.3) is 0 Å². The molecule has 0 N–H and O–H groups in total. The van der Waals surface area contributed by atoms with E-state index in [0.717, 1.165) is 11.8 Å². The van der Waals surface area contributed by atoms with Gasteiger partial charge >= 0.3 is 0 Å². The Hall–Kier alpha value is -0.260. The average Bonchev–Trinajstić information content (AvgIpc) is 1.82. The molecule has 2 unspecified atom stereocenters. The normalized spacial score (nSPS) is 34.6. The Morgan fingerprint density at radius 2 is 2.08 bits per heavy atom. The van der Waals surface area contributed by atoms with Gasteiger partial charge in [-0.25, -0.2) is 0 Å². The molecule has 1 aliphatic carbocycles. The zero-order chi connectivity index (χ0) is 9.19. The van der Waals surface area contributed by atoms with Crippen LogP contribution in [0.3, 0.4) is 0 Å². The van der Waals surface area contributed by atoms with Crippen LogP contribution in [-0.4, -0.2) is 0 Å². The van der Waals surface area contributed by atoms with E-state index in [0.29, 0.717) is 5.41 Å². The van der Waals surface area contributed by atoms with Crippen molar-refractivity contribution in [3.05, 3.63) is 12.7 Å². The molecule has 1 saturated carbocycles. The van der Waals surface area contributed by atoms with Crippen molar-refractivity contribution in [2.75, 3.05) is 0 Å². The highest BCUT2D eigenvalue weighted by atomic mass is 14.4. The van der Waals surface area contributed by atoms with Crippen LogP contribution >= 0.6 is 0 Å². The van der Waals surface area contributed by atoms with Crippen LogP contribution in [0, 0.1) is 17.3 Å². The molecular weight excluding hydrogens is 144 g/mol. The van der Waals surface area contributed by atoms with Gasteiger partial charge in [0.15, 0.2) is 0 Å². The highest BCUT2D eigenvalue weighted by molar-refractivity contribution is 4.85. The van der Waals surface area contributed by atoms with Crippen LogP contribution in [0.1, 0.15) is 46.5 Å². The Bertz CT molecular complexity index is 155. The first-order valence-corrected chi connectivity index (χ1v) is 5.14. The van der Waals surface area contributed by atoms with Gasteiger partial charge in [0.25, 0.3) is 0 Å². The summed E-state index contributed by atoms with van der Waals surface area (Å²) < 4.78 is 0. The Labute approximate surface area is 77.1 Å². The SMILES string of the molecule is C=CCC1CC(C)CC(C)(C)C1. The van der Waals surface area contributed by atoms with Gasteiger partial charge in [-0.3, -0.25) is 0 Å². The molecule has 12 heavy (non-hydrogen) atoms. The van der Waals surface area contributed by atoms with Crippen LogP contribution < -0.4 is 0 Å². The first-order valence-electron chi connectivity index (χ1n) is 5.14. The minimum Gasteiger partial charge on any atom is -0.103 e. The topological polar surface area (TPSA) is 0 Å². The van der Waals surface area contributed by atoms with E-state index in [1.807, 2.05) is 0 Å². The maximum atomic E-state index is 3.83. The molecule has 0 aliphatic heterocycles. The third-order valence-electron chi connectivity index (χ3n) is 2.98. The lowest BCUT2D eigenvalue weighted by Gasteiger charge is -2.38. The molecule has 0 bridgehead atoms. The number of hydrogen-bond donors (Lipinski definition) is 0. The molecule has 1 rings (SSSR count). The van der Waals surface area contributed by atoms with E-state index in [-0.39, 0.29) is 0 Å². The van der Waals surface area contributed by atoms with Crippen molar-refractivity contribution in [2.24, 2.45) is 17.3 Å². The number of rotatable bonds is 2. The van der Waals surface area contributed by atoms with Gasteiger partial charge in [-0.1, -0.05) is 26.8 Å². The number of hydrogen-bond acceptors (Lipinski definition) is 0. The van der Waals surface area contributed by atoms with Crippen molar-refractivity contribution >= 4 is 0 Å². The molecule has 0 heteroatoms. The van der Waals surface area contributed by atoms with Crippen LogP contribution in [0.5, 0.6) is 0 Å². The molecule has 0 nitrogen and oxygen atoms in total. The van der Waals surface area contributed by atoms with E-state index in [4.69, 9.17) is 0 Å². The van der Waals surface area contributed by atoms with Crippen molar-refractivity contribution in [3.63, 3.8) is 0 Å². The van der Waals surface area contributed by atoms with E-state index < -0.39 is 0 Å². The predicted octanol–water partition coefficient (Wildman–Crippen LogP) is 4.02. The lowest BCUT2D eigenvalue weighted by atomic mass is 9.67. The fourth-order valence-corrected chi connectivity index (χ4v) is 2.96. The molecule has 70 valence electrons. The van der Waals surface area contributed by atoms with E-state index in [1.54, 1.807) is 0 Å². The van der Waals surface area contributed by atoms with Crippen LogP contribution in [-0.2, 0) is 0 Å². The Morgan fingerprint density at radius 3 is 2.58 bits per heavy atom. The Balaban J connectivity index is 2.51. The molecular formula is C12H22. The fourth-order valence-electron chi connectivity index (χ4n) is 2.96. The van der Waals surface area contributed by atoms with Gasteiger partial charge in [-0.15, -0.1) is 6.58 Å². The molecule has 0 heterocycles. The summed E-state index contributed by atoms with van der Waals surface area (Å²) in [6, 6.07) is 0. The van der Waals surface area contributed by atoms with Gasteiger partial charge in [0, 0.05) is 0 Å². The zero-order valence-corrected chi connectivity index (χ0v) is 8.77. The second-order valence-corrected chi connectivity index (χ2v) is 5.30. The van der Waals surface area contributed by atoms with E-state index in [2.05, 4.69) is 33.4 Å². The minimum absolute atomic E-state index is 0.575. The van der Waals surface area contributed by atoms with Gasteiger partial charge in [0.2, 0.25) is 0 Å². The summed E-state index contributed by atoms with van der Waals surface area (Å²) in [5.74, 6) is 1.82. The molecule has 0 spiro atoms. The zero-order valence-electron chi connectivity index (χ0n) is 8.77. The van der Waals surface area contributed by atoms with Crippen molar-refractivity contribution in [1.29, 1.82) is 0 Å². The summed E-state index contributed by atoms with van der Waals surface area (Å²) >= 11 is 0. The third-order valence-corrected chi connectivity index (χ3v) is 2.98. The molecule has 0 radical (unpaired) electrons. The summed E-state index contributed by atoms with van der Waals surface area (Å²) in [4.78, 5) is 0. The van der Waals surface area contributed by atoms with E-state index in [9.17, 15) is 0 Å². The van der Waals surface area contributed by atoms with Gasteiger partial charge in [-0.05, 0) is 42.9 Å². The Kier molecular flexibility index (Phi) is 2.98. The molecule has 0 saturated heterocycles. The second kappa shape index (κ2) is 3.64. The maximum absolute atomic E-state index is 3.83. The standard InChI is InChI=1S/C12H22/c1-5-6-11-7-10(2)8-12(3,4)9-11/h5,10-11H,1,6-9H2,2-4H3.